The van der Waals surface area contributed by atoms with Crippen LogP contribution in [0.5, 0.6) is 0 Å². The predicted octanol–water partition coefficient (Wildman–Crippen LogP) is 3.74. The first-order valence-corrected chi connectivity index (χ1v) is 18.1. The molecular weight excluding hydrogens is 644 g/mol. The topological polar surface area (TPSA) is 175 Å². The third kappa shape index (κ3) is 15.5. The zero-order valence-electron chi connectivity index (χ0n) is 30.4. The van der Waals surface area contributed by atoms with Gasteiger partial charge in [-0.15, -0.1) is 0 Å². The van der Waals surface area contributed by atoms with Gasteiger partial charge in [-0.25, -0.2) is 0 Å². The van der Waals surface area contributed by atoms with Crippen LogP contribution in [0.2, 0.25) is 0 Å². The molecule has 2 aliphatic heterocycles. The molecule has 0 spiro atoms. The Bertz CT molecular complexity index is 932. The molecule has 2 rings (SSSR count). The maximum atomic E-state index is 11.9. The number of aliphatic hydroxyl groups excluding tert-OH is 2. The van der Waals surface area contributed by atoms with E-state index in [9.17, 15) is 24.6 Å². The summed E-state index contributed by atoms with van der Waals surface area (Å²) in [5, 5.41) is 23.1. The highest BCUT2D eigenvalue weighted by Crippen LogP contribution is 2.33. The zero-order valence-corrected chi connectivity index (χ0v) is 30.4. The minimum absolute atomic E-state index is 0.206. The van der Waals surface area contributed by atoms with E-state index in [1.807, 2.05) is 0 Å². The first kappa shape index (κ1) is 43.3. The van der Waals surface area contributed by atoms with Crippen molar-refractivity contribution in [2.75, 3.05) is 33.5 Å². The molecule has 0 aliphatic carbocycles. The molecule has 286 valence electrons. The summed E-state index contributed by atoms with van der Waals surface area (Å²) in [6.45, 7) is 8.17. The van der Waals surface area contributed by atoms with E-state index in [1.54, 1.807) is 0 Å². The lowest BCUT2D eigenvalue weighted by atomic mass is 9.96. The molecular formula is C35H62O14. The van der Waals surface area contributed by atoms with Gasteiger partial charge in [0.05, 0.1) is 0 Å². The Morgan fingerprint density at radius 1 is 0.571 bits per heavy atom. The minimum Gasteiger partial charge on any atom is -0.463 e. The fraction of sp³-hybridized carbons (Fsp3) is 0.914. The number of carbonyl (C=O) groups excluding carboxylic acids is 3. The van der Waals surface area contributed by atoms with Gasteiger partial charge in [0, 0.05) is 41.1 Å². The molecule has 49 heavy (non-hydrogen) atoms. The Hall–Kier alpha value is -1.91. The van der Waals surface area contributed by atoms with E-state index in [1.165, 1.54) is 40.7 Å². The molecule has 10 atom stereocenters. The monoisotopic (exact) mass is 706 g/mol. The van der Waals surface area contributed by atoms with Gasteiger partial charge in [0.25, 0.3) is 0 Å². The first-order valence-electron chi connectivity index (χ1n) is 18.1. The van der Waals surface area contributed by atoms with Crippen molar-refractivity contribution in [3.63, 3.8) is 0 Å². The molecule has 0 aromatic rings. The standard InChI is InChI=1S/C35H62O14/c1-7-9-11-13-15-17-19-42-31-27(22-45-24(4)37)47-34(29(40)32(31)43-20-18-16-14-12-10-8-2)49-30-26(21-44-23(3)36)48-35(41-6)33(28(30)39)46-25(5)38/h26-35,39-40H,7-22H2,1-6H3/t26-,27-,28+,29-,30-,31+,32-,33-,34+,35-/m1/s1. The highest BCUT2D eigenvalue weighted by molar-refractivity contribution is 5.66. The molecule has 0 bridgehead atoms. The highest BCUT2D eigenvalue weighted by Gasteiger charge is 2.53. The number of methoxy groups -OCH3 is 1. The first-order chi connectivity index (χ1) is 23.5. The van der Waals surface area contributed by atoms with Gasteiger partial charge in [-0.3, -0.25) is 14.4 Å². The number of aliphatic hydroxyl groups is 2. The van der Waals surface area contributed by atoms with Crippen LogP contribution in [0.3, 0.4) is 0 Å². The van der Waals surface area contributed by atoms with Crippen LogP contribution in [0.15, 0.2) is 0 Å². The minimum atomic E-state index is -1.55. The normalized spacial score (nSPS) is 30.1. The average Bonchev–Trinajstić information content (AvgIpc) is 3.06. The van der Waals surface area contributed by atoms with Gasteiger partial charge in [0.1, 0.15) is 55.9 Å². The fourth-order valence-electron chi connectivity index (χ4n) is 5.99. The van der Waals surface area contributed by atoms with E-state index in [0.717, 1.165) is 64.2 Å². The quantitative estimate of drug-likeness (QED) is 0.0844. The number of unbranched alkanes of at least 4 members (excludes halogenated alkanes) is 10. The second-order valence-electron chi connectivity index (χ2n) is 12.8. The maximum absolute atomic E-state index is 11.9. The van der Waals surface area contributed by atoms with Crippen molar-refractivity contribution >= 4 is 17.9 Å². The fourth-order valence-corrected chi connectivity index (χ4v) is 5.99. The summed E-state index contributed by atoms with van der Waals surface area (Å²) in [4.78, 5) is 35.4. The maximum Gasteiger partial charge on any atom is 0.303 e. The van der Waals surface area contributed by atoms with E-state index in [2.05, 4.69) is 13.8 Å². The van der Waals surface area contributed by atoms with Gasteiger partial charge in [0.2, 0.25) is 0 Å². The lowest BCUT2D eigenvalue weighted by molar-refractivity contribution is -0.362. The summed E-state index contributed by atoms with van der Waals surface area (Å²) in [5.74, 6) is -1.83. The van der Waals surface area contributed by atoms with Crippen molar-refractivity contribution in [2.45, 2.75) is 173 Å². The Morgan fingerprint density at radius 3 is 1.53 bits per heavy atom. The van der Waals surface area contributed by atoms with Crippen LogP contribution in [0.4, 0.5) is 0 Å². The zero-order chi connectivity index (χ0) is 36.2. The third-order valence-electron chi connectivity index (χ3n) is 8.58. The van der Waals surface area contributed by atoms with Gasteiger partial charge in [-0.2, -0.15) is 0 Å². The van der Waals surface area contributed by atoms with Gasteiger partial charge in [-0.05, 0) is 12.8 Å². The van der Waals surface area contributed by atoms with Crippen molar-refractivity contribution in [1.29, 1.82) is 0 Å². The van der Waals surface area contributed by atoms with Crippen molar-refractivity contribution in [3.8, 4) is 0 Å². The smallest absolute Gasteiger partial charge is 0.303 e. The largest absolute Gasteiger partial charge is 0.463 e. The lowest BCUT2D eigenvalue weighted by Gasteiger charge is -2.48. The van der Waals surface area contributed by atoms with Crippen LogP contribution in [0, 0.1) is 0 Å². The molecule has 0 amide bonds. The van der Waals surface area contributed by atoms with Gasteiger partial charge in [-0.1, -0.05) is 78.1 Å². The van der Waals surface area contributed by atoms with Crippen molar-refractivity contribution in [1.82, 2.24) is 0 Å². The SMILES string of the molecule is CCCCCCCCO[C@@H]1[C@@H](O)[C@H](O[C@H]2[C@H](O)[C@@H](OC(C)=O)[C@H](OC)O[C@@H]2COC(C)=O)O[C@H](COC(C)=O)[C@@H]1OCCCCCCCC. The van der Waals surface area contributed by atoms with Gasteiger partial charge >= 0.3 is 17.9 Å². The summed E-state index contributed by atoms with van der Waals surface area (Å²) >= 11 is 0. The van der Waals surface area contributed by atoms with Crippen molar-refractivity contribution < 1.29 is 67.2 Å². The number of esters is 3. The molecule has 0 unspecified atom stereocenters. The highest BCUT2D eigenvalue weighted by atomic mass is 16.8. The molecule has 2 aliphatic rings. The molecule has 2 heterocycles. The molecule has 14 nitrogen and oxygen atoms in total. The predicted molar refractivity (Wildman–Crippen MR) is 176 cm³/mol. The number of hydrogen-bond donors (Lipinski definition) is 2. The number of carbonyl (C=O) groups is 3. The molecule has 2 saturated heterocycles. The summed E-state index contributed by atoms with van der Waals surface area (Å²) in [5.41, 5.74) is 0. The van der Waals surface area contributed by atoms with Gasteiger partial charge in [0.15, 0.2) is 18.7 Å². The van der Waals surface area contributed by atoms with Crippen molar-refractivity contribution in [2.24, 2.45) is 0 Å². The van der Waals surface area contributed by atoms with E-state index in [0.29, 0.717) is 13.2 Å². The Kier molecular flexibility index (Phi) is 21.5. The number of hydrogen-bond acceptors (Lipinski definition) is 14. The van der Waals surface area contributed by atoms with E-state index in [4.69, 9.17) is 42.6 Å². The molecule has 0 aromatic carbocycles. The molecule has 0 saturated carbocycles. The Balaban J connectivity index is 2.32. The molecule has 0 aromatic heterocycles. The van der Waals surface area contributed by atoms with Crippen LogP contribution in [0.1, 0.15) is 112 Å². The molecule has 2 N–H and O–H groups in total. The average molecular weight is 707 g/mol. The Morgan fingerprint density at radius 2 is 1.04 bits per heavy atom. The molecule has 0 radical (unpaired) electrons. The van der Waals surface area contributed by atoms with Crippen molar-refractivity contribution in [3.05, 3.63) is 0 Å². The summed E-state index contributed by atoms with van der Waals surface area (Å²) in [6, 6.07) is 0. The summed E-state index contributed by atoms with van der Waals surface area (Å²) < 4.78 is 52.0. The second-order valence-corrected chi connectivity index (χ2v) is 12.8. The van der Waals surface area contributed by atoms with Crippen LogP contribution in [-0.2, 0) is 57.0 Å². The lowest BCUT2D eigenvalue weighted by Crippen LogP contribution is -2.66. The number of rotatable bonds is 24. The van der Waals surface area contributed by atoms with E-state index < -0.39 is 79.3 Å². The molecule has 2 fully saturated rings. The van der Waals surface area contributed by atoms with Crippen LogP contribution in [0.25, 0.3) is 0 Å². The van der Waals surface area contributed by atoms with Crippen LogP contribution >= 0.6 is 0 Å². The summed E-state index contributed by atoms with van der Waals surface area (Å²) in [7, 11) is 1.31. The van der Waals surface area contributed by atoms with E-state index >= 15 is 0 Å². The second kappa shape index (κ2) is 24.3. The third-order valence-corrected chi connectivity index (χ3v) is 8.58. The van der Waals surface area contributed by atoms with E-state index in [-0.39, 0.29) is 13.2 Å². The van der Waals surface area contributed by atoms with Gasteiger partial charge < -0.3 is 52.8 Å². The van der Waals surface area contributed by atoms with Crippen LogP contribution < -0.4 is 0 Å². The molecule has 14 heteroatoms. The summed E-state index contributed by atoms with van der Waals surface area (Å²) in [6.07, 6.45) is 0.571. The number of ether oxygens (including phenoxy) is 9. The van der Waals surface area contributed by atoms with Crippen LogP contribution in [-0.4, -0.2) is 123 Å². The Labute approximate surface area is 291 Å².